The molecule has 1 aliphatic carbocycles. The number of halogens is 1. The lowest BCUT2D eigenvalue weighted by Gasteiger charge is -2.31. The first-order valence-corrected chi connectivity index (χ1v) is 8.80. The van der Waals surface area contributed by atoms with E-state index in [1.54, 1.807) is 0 Å². The molecule has 2 aromatic rings. The summed E-state index contributed by atoms with van der Waals surface area (Å²) < 4.78 is 5.81. The highest BCUT2D eigenvalue weighted by molar-refractivity contribution is 5.88. The van der Waals surface area contributed by atoms with Crippen molar-refractivity contribution in [2.24, 2.45) is 11.7 Å². The van der Waals surface area contributed by atoms with Crippen LogP contribution >= 0.6 is 12.4 Å². The molecule has 24 heavy (non-hydrogen) atoms. The van der Waals surface area contributed by atoms with Crippen LogP contribution in [0.25, 0.3) is 10.8 Å². The molecule has 0 bridgehead atoms. The Kier molecular flexibility index (Phi) is 6.90. The van der Waals surface area contributed by atoms with E-state index in [2.05, 4.69) is 18.2 Å². The third-order valence-corrected chi connectivity index (χ3v) is 5.06. The third kappa shape index (κ3) is 3.85. The number of ether oxygens (including phenoxy) is 1. The minimum atomic E-state index is -0.514. The number of rotatable bonds is 5. The molecular weight excluding hydrogens is 322 g/mol. The molecule has 4 heteroatoms. The molecule has 2 aromatic carbocycles. The molecule has 3 N–H and O–H groups in total. The molecule has 1 saturated carbocycles. The van der Waals surface area contributed by atoms with Crippen molar-refractivity contribution in [3.05, 3.63) is 42.0 Å². The Bertz CT molecular complexity index is 655. The first-order valence-electron chi connectivity index (χ1n) is 8.80. The molecule has 0 unspecified atom stereocenters. The summed E-state index contributed by atoms with van der Waals surface area (Å²) in [5.74, 6) is 1.10. The second-order valence-electron chi connectivity index (χ2n) is 6.55. The zero-order chi connectivity index (χ0) is 16.2. The summed E-state index contributed by atoms with van der Waals surface area (Å²) in [6.07, 6.45) is 5.30. The van der Waals surface area contributed by atoms with Crippen LogP contribution in [-0.2, 0) is 0 Å². The molecule has 0 radical (unpaired) electrons. The molecule has 132 valence electrons. The first kappa shape index (κ1) is 19.0. The Labute approximate surface area is 150 Å². The van der Waals surface area contributed by atoms with E-state index in [0.717, 1.165) is 34.9 Å². The standard InChI is InChI=1S/C20H27NO2.ClH/c1-2-23-17-13-12-14-8-6-7-11-16(14)18(17)19(21)20(22)15-9-4-3-5-10-15;/h6-8,11-13,15,19-20,22H,2-5,9-10,21H2,1H3;1H/t19-,20+;/m1./s1. The van der Waals surface area contributed by atoms with E-state index < -0.39 is 12.1 Å². The van der Waals surface area contributed by atoms with Gasteiger partial charge in [0, 0.05) is 5.56 Å². The van der Waals surface area contributed by atoms with Crippen molar-refractivity contribution in [3.8, 4) is 5.75 Å². The topological polar surface area (TPSA) is 55.5 Å². The molecule has 1 fully saturated rings. The summed E-state index contributed by atoms with van der Waals surface area (Å²) in [6, 6.07) is 11.8. The van der Waals surface area contributed by atoms with E-state index >= 15 is 0 Å². The Morgan fingerprint density at radius 1 is 1.12 bits per heavy atom. The Morgan fingerprint density at radius 2 is 1.83 bits per heavy atom. The van der Waals surface area contributed by atoms with Crippen molar-refractivity contribution in [2.75, 3.05) is 6.61 Å². The monoisotopic (exact) mass is 349 g/mol. The van der Waals surface area contributed by atoms with Gasteiger partial charge in [-0.2, -0.15) is 0 Å². The van der Waals surface area contributed by atoms with Crippen LogP contribution in [0.15, 0.2) is 36.4 Å². The van der Waals surface area contributed by atoms with Gasteiger partial charge in [-0.05, 0) is 42.5 Å². The summed E-state index contributed by atoms with van der Waals surface area (Å²) in [4.78, 5) is 0. The highest BCUT2D eigenvalue weighted by Crippen LogP contribution is 2.38. The van der Waals surface area contributed by atoms with Crippen LogP contribution < -0.4 is 10.5 Å². The van der Waals surface area contributed by atoms with Gasteiger partial charge in [0.2, 0.25) is 0 Å². The van der Waals surface area contributed by atoms with E-state index in [1.807, 2.05) is 25.1 Å². The minimum absolute atomic E-state index is 0. The molecule has 3 rings (SSSR count). The fourth-order valence-corrected chi connectivity index (χ4v) is 3.84. The van der Waals surface area contributed by atoms with Crippen LogP contribution in [0.3, 0.4) is 0 Å². The lowest BCUT2D eigenvalue weighted by Crippen LogP contribution is -2.34. The lowest BCUT2D eigenvalue weighted by molar-refractivity contribution is 0.0613. The number of nitrogens with two attached hydrogens (primary N) is 1. The molecule has 0 aromatic heterocycles. The average molecular weight is 350 g/mol. The van der Waals surface area contributed by atoms with Gasteiger partial charge in [0.25, 0.3) is 0 Å². The number of hydrogen-bond donors (Lipinski definition) is 2. The van der Waals surface area contributed by atoms with Gasteiger partial charge in [-0.25, -0.2) is 0 Å². The van der Waals surface area contributed by atoms with E-state index in [4.69, 9.17) is 10.5 Å². The Hall–Kier alpha value is -1.29. The largest absolute Gasteiger partial charge is 0.494 e. The summed E-state index contributed by atoms with van der Waals surface area (Å²) in [5, 5.41) is 13.1. The zero-order valence-electron chi connectivity index (χ0n) is 14.3. The van der Waals surface area contributed by atoms with Crippen LogP contribution in [0.5, 0.6) is 5.75 Å². The fourth-order valence-electron chi connectivity index (χ4n) is 3.84. The highest BCUT2D eigenvalue weighted by atomic mass is 35.5. The summed E-state index contributed by atoms with van der Waals surface area (Å²) in [6.45, 7) is 2.57. The molecule has 0 spiro atoms. The summed E-state index contributed by atoms with van der Waals surface area (Å²) >= 11 is 0. The molecule has 1 aliphatic rings. The fraction of sp³-hybridized carbons (Fsp3) is 0.500. The Morgan fingerprint density at radius 3 is 2.54 bits per heavy atom. The van der Waals surface area contributed by atoms with E-state index in [9.17, 15) is 5.11 Å². The molecule has 0 amide bonds. The molecule has 2 atom stereocenters. The van der Waals surface area contributed by atoms with Crippen molar-refractivity contribution in [1.82, 2.24) is 0 Å². The van der Waals surface area contributed by atoms with Gasteiger partial charge in [-0.1, -0.05) is 49.6 Å². The van der Waals surface area contributed by atoms with Gasteiger partial charge in [0.15, 0.2) is 0 Å². The van der Waals surface area contributed by atoms with E-state index in [1.165, 1.54) is 19.3 Å². The van der Waals surface area contributed by atoms with Crippen molar-refractivity contribution in [2.45, 2.75) is 51.2 Å². The predicted molar refractivity (Wildman–Crippen MR) is 102 cm³/mol. The zero-order valence-corrected chi connectivity index (χ0v) is 15.1. The smallest absolute Gasteiger partial charge is 0.124 e. The van der Waals surface area contributed by atoms with E-state index in [0.29, 0.717) is 12.5 Å². The minimum Gasteiger partial charge on any atom is -0.494 e. The summed E-state index contributed by atoms with van der Waals surface area (Å²) in [5.41, 5.74) is 7.48. The van der Waals surface area contributed by atoms with Crippen LogP contribution in [0.2, 0.25) is 0 Å². The highest BCUT2D eigenvalue weighted by Gasteiger charge is 2.30. The van der Waals surface area contributed by atoms with Crippen LogP contribution in [0.4, 0.5) is 0 Å². The molecule has 0 saturated heterocycles. The van der Waals surface area contributed by atoms with Gasteiger partial charge >= 0.3 is 0 Å². The second kappa shape index (κ2) is 8.70. The maximum absolute atomic E-state index is 10.9. The van der Waals surface area contributed by atoms with Crippen molar-refractivity contribution in [3.63, 3.8) is 0 Å². The molecule has 3 nitrogen and oxygen atoms in total. The number of benzene rings is 2. The quantitative estimate of drug-likeness (QED) is 0.829. The molecular formula is C20H28ClNO2. The number of aliphatic hydroxyl groups excluding tert-OH is 1. The van der Waals surface area contributed by atoms with Gasteiger partial charge < -0.3 is 15.6 Å². The molecule has 0 heterocycles. The van der Waals surface area contributed by atoms with E-state index in [-0.39, 0.29) is 12.4 Å². The first-order chi connectivity index (χ1) is 11.2. The number of aliphatic hydroxyl groups is 1. The number of fused-ring (bicyclic) bond motifs is 1. The van der Waals surface area contributed by atoms with Gasteiger partial charge in [0.1, 0.15) is 5.75 Å². The Balaban J connectivity index is 0.00000208. The molecule has 0 aliphatic heterocycles. The van der Waals surface area contributed by atoms with Crippen molar-refractivity contribution in [1.29, 1.82) is 0 Å². The van der Waals surface area contributed by atoms with Gasteiger partial charge in [-0.3, -0.25) is 0 Å². The van der Waals surface area contributed by atoms with Crippen LogP contribution in [-0.4, -0.2) is 17.8 Å². The third-order valence-electron chi connectivity index (χ3n) is 5.06. The number of hydrogen-bond acceptors (Lipinski definition) is 3. The SMILES string of the molecule is CCOc1ccc2ccccc2c1[C@@H](N)[C@@H](O)C1CCCCC1.Cl. The van der Waals surface area contributed by atoms with Crippen LogP contribution in [0.1, 0.15) is 50.6 Å². The lowest BCUT2D eigenvalue weighted by atomic mass is 9.80. The van der Waals surface area contributed by atoms with Crippen molar-refractivity contribution < 1.29 is 9.84 Å². The normalized spacial score (nSPS) is 18.0. The maximum Gasteiger partial charge on any atom is 0.124 e. The summed E-state index contributed by atoms with van der Waals surface area (Å²) in [7, 11) is 0. The van der Waals surface area contributed by atoms with Gasteiger partial charge in [-0.15, -0.1) is 12.4 Å². The second-order valence-corrected chi connectivity index (χ2v) is 6.55. The van der Waals surface area contributed by atoms with Crippen LogP contribution in [0, 0.1) is 5.92 Å². The average Bonchev–Trinajstić information content (AvgIpc) is 2.61. The van der Waals surface area contributed by atoms with Crippen molar-refractivity contribution >= 4 is 23.2 Å². The van der Waals surface area contributed by atoms with Gasteiger partial charge in [0.05, 0.1) is 18.8 Å². The maximum atomic E-state index is 10.9. The predicted octanol–water partition coefficient (Wildman–Crippen LogP) is 4.60.